The van der Waals surface area contributed by atoms with Gasteiger partial charge >= 0.3 is 0 Å². The minimum absolute atomic E-state index is 0.435. The molecule has 0 spiro atoms. The van der Waals surface area contributed by atoms with Crippen molar-refractivity contribution >= 4 is 0 Å². The van der Waals surface area contributed by atoms with Gasteiger partial charge in [-0.15, -0.1) is 0 Å². The first-order chi connectivity index (χ1) is 6.75. The van der Waals surface area contributed by atoms with E-state index in [1.807, 2.05) is 0 Å². The Morgan fingerprint density at radius 2 is 2.21 bits per heavy atom. The van der Waals surface area contributed by atoms with Crippen LogP contribution in [0.3, 0.4) is 0 Å². The van der Waals surface area contributed by atoms with E-state index in [0.717, 1.165) is 19.6 Å². The third-order valence-corrected chi connectivity index (χ3v) is 3.68. The van der Waals surface area contributed by atoms with Gasteiger partial charge in [0.05, 0.1) is 6.10 Å². The lowest BCUT2D eigenvalue weighted by atomic mass is 10.0. The first-order valence-electron chi connectivity index (χ1n) is 5.86. The fraction of sp³-hybridized carbons (Fsp3) is 1.00. The molecule has 3 heteroatoms. The molecule has 2 aliphatic rings. The quantitative estimate of drug-likeness (QED) is 0.707. The lowest BCUT2D eigenvalue weighted by Gasteiger charge is -2.18. The van der Waals surface area contributed by atoms with Gasteiger partial charge in [0.15, 0.2) is 0 Å². The maximum absolute atomic E-state index is 5.87. The number of hydrogen-bond donors (Lipinski definition) is 2. The molecule has 3 nitrogen and oxygen atoms in total. The van der Waals surface area contributed by atoms with Crippen molar-refractivity contribution in [2.45, 2.75) is 50.8 Å². The Morgan fingerprint density at radius 3 is 2.79 bits per heavy atom. The summed E-state index contributed by atoms with van der Waals surface area (Å²) in [6, 6.07) is 1.10. The van der Waals surface area contributed by atoms with Crippen LogP contribution in [-0.4, -0.2) is 31.3 Å². The monoisotopic (exact) mass is 198 g/mol. The predicted molar refractivity (Wildman–Crippen MR) is 57.1 cm³/mol. The van der Waals surface area contributed by atoms with Crippen molar-refractivity contribution in [1.82, 2.24) is 5.32 Å². The summed E-state index contributed by atoms with van der Waals surface area (Å²) >= 11 is 0. The SMILES string of the molecule is CC1OCCC1CNC1CCC(N)C1. The van der Waals surface area contributed by atoms with Crippen molar-refractivity contribution in [1.29, 1.82) is 0 Å². The second-order valence-electron chi connectivity index (χ2n) is 4.80. The van der Waals surface area contributed by atoms with Crippen LogP contribution in [0.15, 0.2) is 0 Å². The van der Waals surface area contributed by atoms with E-state index in [1.54, 1.807) is 0 Å². The number of nitrogens with two attached hydrogens (primary N) is 1. The zero-order valence-corrected chi connectivity index (χ0v) is 9.04. The van der Waals surface area contributed by atoms with Gasteiger partial charge in [0, 0.05) is 25.2 Å². The van der Waals surface area contributed by atoms with E-state index >= 15 is 0 Å². The summed E-state index contributed by atoms with van der Waals surface area (Å²) in [5, 5.41) is 3.62. The molecule has 0 aromatic carbocycles. The van der Waals surface area contributed by atoms with E-state index in [-0.39, 0.29) is 0 Å². The third-order valence-electron chi connectivity index (χ3n) is 3.68. The molecule has 14 heavy (non-hydrogen) atoms. The number of hydrogen-bond acceptors (Lipinski definition) is 3. The predicted octanol–water partition coefficient (Wildman–Crippen LogP) is 0.881. The topological polar surface area (TPSA) is 47.3 Å². The van der Waals surface area contributed by atoms with Crippen LogP contribution >= 0.6 is 0 Å². The average molecular weight is 198 g/mol. The first kappa shape index (κ1) is 10.4. The summed E-state index contributed by atoms with van der Waals surface area (Å²) in [7, 11) is 0. The van der Waals surface area contributed by atoms with Gasteiger partial charge < -0.3 is 15.8 Å². The van der Waals surface area contributed by atoms with Crippen LogP contribution in [-0.2, 0) is 4.74 Å². The Balaban J connectivity index is 1.67. The van der Waals surface area contributed by atoms with Crippen LogP contribution in [0, 0.1) is 5.92 Å². The maximum Gasteiger partial charge on any atom is 0.0588 e. The standard InChI is InChI=1S/C11H22N2O/c1-8-9(4-5-14-8)7-13-11-3-2-10(12)6-11/h8-11,13H,2-7,12H2,1H3. The number of ether oxygens (including phenoxy) is 1. The lowest BCUT2D eigenvalue weighted by Crippen LogP contribution is -2.34. The van der Waals surface area contributed by atoms with E-state index in [0.29, 0.717) is 24.1 Å². The Morgan fingerprint density at radius 1 is 1.36 bits per heavy atom. The molecular weight excluding hydrogens is 176 g/mol. The van der Waals surface area contributed by atoms with Crippen LogP contribution in [0.1, 0.15) is 32.6 Å². The third kappa shape index (κ3) is 2.47. The molecule has 3 N–H and O–H groups in total. The van der Waals surface area contributed by atoms with Crippen LogP contribution in [0.4, 0.5) is 0 Å². The summed E-state index contributed by atoms with van der Waals surface area (Å²) in [6.45, 7) is 4.23. The Hall–Kier alpha value is -0.120. The molecular formula is C11H22N2O. The molecule has 4 unspecified atom stereocenters. The van der Waals surface area contributed by atoms with Gasteiger partial charge in [-0.25, -0.2) is 0 Å². The van der Waals surface area contributed by atoms with Crippen molar-refractivity contribution in [2.75, 3.05) is 13.2 Å². The highest BCUT2D eigenvalue weighted by molar-refractivity contribution is 4.84. The fourth-order valence-electron chi connectivity index (χ4n) is 2.56. The summed E-state index contributed by atoms with van der Waals surface area (Å²) in [5.41, 5.74) is 5.87. The van der Waals surface area contributed by atoms with Gasteiger partial charge in [0.1, 0.15) is 0 Å². The zero-order valence-electron chi connectivity index (χ0n) is 9.04. The van der Waals surface area contributed by atoms with E-state index < -0.39 is 0 Å². The lowest BCUT2D eigenvalue weighted by molar-refractivity contribution is 0.105. The molecule has 2 rings (SSSR count). The zero-order chi connectivity index (χ0) is 9.97. The molecule has 4 atom stereocenters. The Labute approximate surface area is 86.4 Å². The molecule has 1 saturated heterocycles. The Bertz CT molecular complexity index is 186. The number of rotatable bonds is 3. The fourth-order valence-corrected chi connectivity index (χ4v) is 2.56. The summed E-state index contributed by atoms with van der Waals surface area (Å²) in [4.78, 5) is 0. The van der Waals surface area contributed by atoms with E-state index in [2.05, 4.69) is 12.2 Å². The van der Waals surface area contributed by atoms with Crippen LogP contribution in [0.5, 0.6) is 0 Å². The van der Waals surface area contributed by atoms with Crippen LogP contribution in [0.25, 0.3) is 0 Å². The maximum atomic E-state index is 5.87. The molecule has 0 radical (unpaired) electrons. The smallest absolute Gasteiger partial charge is 0.0588 e. The second kappa shape index (κ2) is 4.60. The molecule has 1 heterocycles. The van der Waals surface area contributed by atoms with Crippen LogP contribution in [0.2, 0.25) is 0 Å². The summed E-state index contributed by atoms with van der Waals surface area (Å²) < 4.78 is 5.54. The molecule has 2 fully saturated rings. The molecule has 0 bridgehead atoms. The largest absolute Gasteiger partial charge is 0.378 e. The molecule has 0 aromatic heterocycles. The van der Waals surface area contributed by atoms with Gasteiger partial charge in [-0.1, -0.05) is 0 Å². The second-order valence-corrected chi connectivity index (χ2v) is 4.80. The Kier molecular flexibility index (Phi) is 3.42. The first-order valence-corrected chi connectivity index (χ1v) is 5.86. The van der Waals surface area contributed by atoms with Gasteiger partial charge in [-0.05, 0) is 38.5 Å². The van der Waals surface area contributed by atoms with Crippen molar-refractivity contribution in [3.63, 3.8) is 0 Å². The van der Waals surface area contributed by atoms with Crippen LogP contribution < -0.4 is 11.1 Å². The molecule has 1 aliphatic carbocycles. The van der Waals surface area contributed by atoms with Crippen molar-refractivity contribution in [2.24, 2.45) is 11.7 Å². The summed E-state index contributed by atoms with van der Waals surface area (Å²) in [6.07, 6.45) is 5.25. The highest BCUT2D eigenvalue weighted by atomic mass is 16.5. The molecule has 1 saturated carbocycles. The minimum Gasteiger partial charge on any atom is -0.378 e. The van der Waals surface area contributed by atoms with E-state index in [4.69, 9.17) is 10.5 Å². The highest BCUT2D eigenvalue weighted by Gasteiger charge is 2.26. The minimum atomic E-state index is 0.435. The summed E-state index contributed by atoms with van der Waals surface area (Å²) in [5.74, 6) is 0.715. The van der Waals surface area contributed by atoms with E-state index in [1.165, 1.54) is 19.3 Å². The van der Waals surface area contributed by atoms with E-state index in [9.17, 15) is 0 Å². The van der Waals surface area contributed by atoms with Gasteiger partial charge in [0.2, 0.25) is 0 Å². The molecule has 0 amide bonds. The van der Waals surface area contributed by atoms with Gasteiger partial charge in [-0.2, -0.15) is 0 Å². The molecule has 1 aliphatic heterocycles. The van der Waals surface area contributed by atoms with Gasteiger partial charge in [0.25, 0.3) is 0 Å². The molecule has 82 valence electrons. The normalized spacial score (nSPS) is 43.3. The number of nitrogens with one attached hydrogen (secondary N) is 1. The van der Waals surface area contributed by atoms with Crippen molar-refractivity contribution in [3.05, 3.63) is 0 Å². The molecule has 0 aromatic rings. The van der Waals surface area contributed by atoms with Crippen molar-refractivity contribution in [3.8, 4) is 0 Å². The average Bonchev–Trinajstić information content (AvgIpc) is 2.72. The van der Waals surface area contributed by atoms with Crippen molar-refractivity contribution < 1.29 is 4.74 Å². The van der Waals surface area contributed by atoms with Gasteiger partial charge in [-0.3, -0.25) is 0 Å². The highest BCUT2D eigenvalue weighted by Crippen LogP contribution is 2.21.